The summed E-state index contributed by atoms with van der Waals surface area (Å²) in [5, 5.41) is 0. The first kappa shape index (κ1) is 13.9. The van der Waals surface area contributed by atoms with Gasteiger partial charge in [0, 0.05) is 6.54 Å². The van der Waals surface area contributed by atoms with Gasteiger partial charge in [-0.25, -0.2) is 0 Å². The molecule has 1 aliphatic carbocycles. The zero-order valence-corrected chi connectivity index (χ0v) is 11.3. The van der Waals surface area contributed by atoms with Crippen molar-refractivity contribution in [2.24, 2.45) is 17.6 Å². The normalized spacial score (nSPS) is 25.9. The maximum absolute atomic E-state index is 5.81. The van der Waals surface area contributed by atoms with E-state index in [1.54, 1.807) is 0 Å². The molecular formula is C13H29N3. The summed E-state index contributed by atoms with van der Waals surface area (Å²) in [6.07, 6.45) is 5.40. The van der Waals surface area contributed by atoms with Gasteiger partial charge in [-0.2, -0.15) is 0 Å². The summed E-state index contributed by atoms with van der Waals surface area (Å²) in [6, 6.07) is 0. The van der Waals surface area contributed by atoms with Crippen LogP contribution >= 0.6 is 0 Å². The highest BCUT2D eigenvalue weighted by atomic mass is 15.1. The predicted molar refractivity (Wildman–Crippen MR) is 70.6 cm³/mol. The molecule has 0 aromatic carbocycles. The number of rotatable bonds is 7. The first-order valence-corrected chi connectivity index (χ1v) is 6.66. The minimum absolute atomic E-state index is 0.788. The molecule has 3 heteroatoms. The van der Waals surface area contributed by atoms with Crippen LogP contribution in [0.15, 0.2) is 0 Å². The van der Waals surface area contributed by atoms with E-state index in [1.807, 2.05) is 0 Å². The van der Waals surface area contributed by atoms with Gasteiger partial charge in [0.15, 0.2) is 0 Å². The smallest absolute Gasteiger partial charge is 0.000974 e. The molecule has 0 bridgehead atoms. The molecule has 2 atom stereocenters. The molecule has 3 nitrogen and oxygen atoms in total. The average Bonchev–Trinajstić information content (AvgIpc) is 2.64. The van der Waals surface area contributed by atoms with Gasteiger partial charge in [0.1, 0.15) is 0 Å². The molecule has 1 fully saturated rings. The van der Waals surface area contributed by atoms with Crippen LogP contribution in [-0.2, 0) is 0 Å². The lowest BCUT2D eigenvalue weighted by atomic mass is 9.96. The number of nitrogens with zero attached hydrogens (tertiary/aromatic N) is 2. The van der Waals surface area contributed by atoms with Crippen molar-refractivity contribution in [3.05, 3.63) is 0 Å². The lowest BCUT2D eigenvalue weighted by Crippen LogP contribution is -2.32. The van der Waals surface area contributed by atoms with Gasteiger partial charge in [-0.3, -0.25) is 0 Å². The first-order valence-electron chi connectivity index (χ1n) is 6.66. The fraction of sp³-hybridized carbons (Fsp3) is 1.00. The largest absolute Gasteiger partial charge is 0.330 e. The predicted octanol–water partition coefficient (Wildman–Crippen LogP) is 1.24. The van der Waals surface area contributed by atoms with Crippen molar-refractivity contribution in [1.82, 2.24) is 9.80 Å². The Hall–Kier alpha value is -0.120. The summed E-state index contributed by atoms with van der Waals surface area (Å²) in [7, 11) is 6.53. The van der Waals surface area contributed by atoms with E-state index in [0.29, 0.717) is 0 Å². The minimum Gasteiger partial charge on any atom is -0.330 e. The Morgan fingerprint density at radius 2 is 1.75 bits per heavy atom. The molecule has 0 saturated heterocycles. The van der Waals surface area contributed by atoms with Crippen LogP contribution in [0.3, 0.4) is 0 Å². The Kier molecular flexibility index (Phi) is 6.32. The lowest BCUT2D eigenvalue weighted by Gasteiger charge is -2.25. The van der Waals surface area contributed by atoms with Crippen molar-refractivity contribution in [3.8, 4) is 0 Å². The van der Waals surface area contributed by atoms with Crippen LogP contribution in [-0.4, -0.2) is 57.1 Å². The summed E-state index contributed by atoms with van der Waals surface area (Å²) in [5.41, 5.74) is 5.81. The van der Waals surface area contributed by atoms with Crippen molar-refractivity contribution < 1.29 is 0 Å². The second-order valence-corrected chi connectivity index (χ2v) is 5.61. The van der Waals surface area contributed by atoms with E-state index >= 15 is 0 Å². The van der Waals surface area contributed by atoms with Crippen molar-refractivity contribution >= 4 is 0 Å². The highest BCUT2D eigenvalue weighted by Crippen LogP contribution is 2.31. The highest BCUT2D eigenvalue weighted by molar-refractivity contribution is 4.80. The van der Waals surface area contributed by atoms with Crippen LogP contribution in [0.2, 0.25) is 0 Å². The molecule has 96 valence electrons. The third-order valence-corrected chi connectivity index (χ3v) is 3.81. The summed E-state index contributed by atoms with van der Waals surface area (Å²) in [6.45, 7) is 4.53. The van der Waals surface area contributed by atoms with E-state index in [2.05, 4.69) is 30.9 Å². The molecule has 1 aliphatic rings. The van der Waals surface area contributed by atoms with E-state index in [-0.39, 0.29) is 0 Å². The topological polar surface area (TPSA) is 32.5 Å². The third kappa shape index (κ3) is 4.81. The molecule has 0 radical (unpaired) electrons. The molecular weight excluding hydrogens is 198 g/mol. The first-order chi connectivity index (χ1) is 7.63. The second-order valence-electron chi connectivity index (χ2n) is 5.61. The van der Waals surface area contributed by atoms with Crippen molar-refractivity contribution in [3.63, 3.8) is 0 Å². The van der Waals surface area contributed by atoms with Crippen molar-refractivity contribution in [1.29, 1.82) is 0 Å². The summed E-state index contributed by atoms with van der Waals surface area (Å²) in [4.78, 5) is 4.74. The maximum Gasteiger partial charge on any atom is 0.000974 e. The third-order valence-electron chi connectivity index (χ3n) is 3.81. The van der Waals surface area contributed by atoms with E-state index in [1.165, 1.54) is 45.3 Å². The Labute approximate surface area is 101 Å². The highest BCUT2D eigenvalue weighted by Gasteiger charge is 2.26. The van der Waals surface area contributed by atoms with Gasteiger partial charge in [-0.1, -0.05) is 6.42 Å². The summed E-state index contributed by atoms with van der Waals surface area (Å²) >= 11 is 0. The van der Waals surface area contributed by atoms with Gasteiger partial charge in [-0.05, 0) is 71.9 Å². The Bertz CT molecular complexity index is 182. The fourth-order valence-corrected chi connectivity index (χ4v) is 2.81. The van der Waals surface area contributed by atoms with E-state index < -0.39 is 0 Å². The molecule has 0 spiro atoms. The molecule has 0 aliphatic heterocycles. The van der Waals surface area contributed by atoms with Crippen LogP contribution in [0.1, 0.15) is 25.7 Å². The van der Waals surface area contributed by atoms with Crippen molar-refractivity contribution in [2.75, 3.05) is 47.3 Å². The zero-order chi connectivity index (χ0) is 12.0. The van der Waals surface area contributed by atoms with Gasteiger partial charge in [0.25, 0.3) is 0 Å². The van der Waals surface area contributed by atoms with E-state index in [4.69, 9.17) is 5.73 Å². The summed E-state index contributed by atoms with van der Waals surface area (Å²) < 4.78 is 0. The van der Waals surface area contributed by atoms with Crippen LogP contribution < -0.4 is 5.73 Å². The zero-order valence-electron chi connectivity index (χ0n) is 11.3. The van der Waals surface area contributed by atoms with Gasteiger partial charge >= 0.3 is 0 Å². The fourth-order valence-electron chi connectivity index (χ4n) is 2.81. The standard InChI is InChI=1S/C13H29N3/c1-15(2)8-5-9-16(3)11-13-7-4-6-12(13)10-14/h12-13H,4-11,14H2,1-3H3. The second kappa shape index (κ2) is 7.25. The van der Waals surface area contributed by atoms with Gasteiger partial charge in [0.2, 0.25) is 0 Å². The van der Waals surface area contributed by atoms with Crippen LogP contribution in [0, 0.1) is 11.8 Å². The number of hydrogen-bond donors (Lipinski definition) is 1. The molecule has 1 saturated carbocycles. The molecule has 1 rings (SSSR count). The Morgan fingerprint density at radius 1 is 1.06 bits per heavy atom. The quantitative estimate of drug-likeness (QED) is 0.710. The number of nitrogens with two attached hydrogens (primary N) is 1. The monoisotopic (exact) mass is 227 g/mol. The molecule has 16 heavy (non-hydrogen) atoms. The SMILES string of the molecule is CN(C)CCCN(C)CC1CCCC1CN. The summed E-state index contributed by atoms with van der Waals surface area (Å²) in [5.74, 6) is 1.64. The molecule has 0 heterocycles. The van der Waals surface area contributed by atoms with Gasteiger partial charge in [-0.15, -0.1) is 0 Å². The van der Waals surface area contributed by atoms with Crippen LogP contribution in [0.4, 0.5) is 0 Å². The molecule has 0 amide bonds. The Morgan fingerprint density at radius 3 is 2.38 bits per heavy atom. The van der Waals surface area contributed by atoms with Gasteiger partial charge in [0.05, 0.1) is 0 Å². The Balaban J connectivity index is 2.15. The minimum atomic E-state index is 0.788. The van der Waals surface area contributed by atoms with Gasteiger partial charge < -0.3 is 15.5 Å². The molecule has 2 unspecified atom stereocenters. The average molecular weight is 227 g/mol. The maximum atomic E-state index is 5.81. The molecule has 0 aromatic rings. The van der Waals surface area contributed by atoms with Crippen molar-refractivity contribution in [2.45, 2.75) is 25.7 Å². The molecule has 0 aromatic heterocycles. The lowest BCUT2D eigenvalue weighted by molar-refractivity contribution is 0.232. The number of hydrogen-bond acceptors (Lipinski definition) is 3. The van der Waals surface area contributed by atoms with Crippen LogP contribution in [0.5, 0.6) is 0 Å². The van der Waals surface area contributed by atoms with Crippen LogP contribution in [0.25, 0.3) is 0 Å². The van der Waals surface area contributed by atoms with E-state index in [9.17, 15) is 0 Å². The van der Waals surface area contributed by atoms with E-state index in [0.717, 1.165) is 18.4 Å². The molecule has 2 N–H and O–H groups in total.